The van der Waals surface area contributed by atoms with Gasteiger partial charge in [0.2, 0.25) is 0 Å². The van der Waals surface area contributed by atoms with E-state index in [1.54, 1.807) is 25.1 Å². The number of aliphatic hydroxyl groups is 2. The van der Waals surface area contributed by atoms with Crippen molar-refractivity contribution in [2.45, 2.75) is 44.3 Å². The highest BCUT2D eigenvalue weighted by atomic mass is 16.3. The Kier molecular flexibility index (Phi) is 3.53. The average Bonchev–Trinajstić information content (AvgIpc) is 2.75. The molecule has 2 aliphatic heterocycles. The van der Waals surface area contributed by atoms with Gasteiger partial charge in [-0.2, -0.15) is 0 Å². The summed E-state index contributed by atoms with van der Waals surface area (Å²) < 4.78 is 0. The molecule has 0 aromatic heterocycles. The molecule has 2 aliphatic rings. The fraction of sp³-hybridized carbons (Fsp3) is 0.467. The van der Waals surface area contributed by atoms with Gasteiger partial charge < -0.3 is 15.9 Å². The molecule has 7 heteroatoms. The molecule has 5 N–H and O–H groups in total. The number of hydrogen-bond acceptors (Lipinski definition) is 6. The number of rotatable bonds is 2. The van der Waals surface area contributed by atoms with E-state index in [-0.39, 0.29) is 6.54 Å². The summed E-state index contributed by atoms with van der Waals surface area (Å²) in [6.45, 7) is 1.92. The van der Waals surface area contributed by atoms with Crippen LogP contribution in [0.1, 0.15) is 46.0 Å². The van der Waals surface area contributed by atoms with Gasteiger partial charge in [-0.3, -0.25) is 19.8 Å². The second-order valence-corrected chi connectivity index (χ2v) is 6.01. The van der Waals surface area contributed by atoms with E-state index >= 15 is 0 Å². The Hall–Kier alpha value is -1.80. The molecule has 0 aliphatic carbocycles. The molecule has 7 nitrogen and oxygen atoms in total. The maximum absolute atomic E-state index is 12.7. The molecular formula is C15H19N3O4. The minimum Gasteiger partial charge on any atom is -0.379 e. The lowest BCUT2D eigenvalue weighted by molar-refractivity contribution is -0.0827. The van der Waals surface area contributed by atoms with Gasteiger partial charge in [-0.25, -0.2) is 0 Å². The summed E-state index contributed by atoms with van der Waals surface area (Å²) in [5.41, 5.74) is 5.88. The molecule has 3 rings (SSSR count). The first-order valence-corrected chi connectivity index (χ1v) is 7.22. The number of fused-ring (bicyclic) bond motifs is 1. The molecule has 2 amide bonds. The SMILES string of the molecule is CC1(N2C(=O)c3ccc(CN)cc3C2=O)CCC(O)NC1O. The number of benzene rings is 1. The van der Waals surface area contributed by atoms with E-state index in [9.17, 15) is 19.8 Å². The number of hydrogen-bond donors (Lipinski definition) is 4. The van der Waals surface area contributed by atoms with Crippen LogP contribution in [0.5, 0.6) is 0 Å². The Balaban J connectivity index is 2.00. The van der Waals surface area contributed by atoms with Crippen molar-refractivity contribution < 1.29 is 19.8 Å². The van der Waals surface area contributed by atoms with Crippen LogP contribution in [0.15, 0.2) is 18.2 Å². The first-order chi connectivity index (χ1) is 10.4. The number of aliphatic hydroxyl groups excluding tert-OH is 2. The van der Waals surface area contributed by atoms with Crippen LogP contribution in [0.2, 0.25) is 0 Å². The van der Waals surface area contributed by atoms with Crippen LogP contribution in [-0.4, -0.2) is 44.9 Å². The van der Waals surface area contributed by atoms with E-state index in [2.05, 4.69) is 5.32 Å². The van der Waals surface area contributed by atoms with Crippen LogP contribution in [0.25, 0.3) is 0 Å². The average molecular weight is 305 g/mol. The van der Waals surface area contributed by atoms with Crippen LogP contribution in [0.3, 0.4) is 0 Å². The summed E-state index contributed by atoms with van der Waals surface area (Å²) in [7, 11) is 0. The second-order valence-electron chi connectivity index (χ2n) is 6.01. The Labute approximate surface area is 127 Å². The summed E-state index contributed by atoms with van der Waals surface area (Å²) >= 11 is 0. The van der Waals surface area contributed by atoms with Crippen molar-refractivity contribution in [2.75, 3.05) is 0 Å². The zero-order valence-corrected chi connectivity index (χ0v) is 12.2. The topological polar surface area (TPSA) is 116 Å². The third kappa shape index (κ3) is 2.05. The predicted molar refractivity (Wildman–Crippen MR) is 77.6 cm³/mol. The lowest BCUT2D eigenvalue weighted by Crippen LogP contribution is -2.66. The van der Waals surface area contributed by atoms with E-state index in [0.29, 0.717) is 24.0 Å². The first kappa shape index (κ1) is 15.1. The lowest BCUT2D eigenvalue weighted by Gasteiger charge is -2.45. The van der Waals surface area contributed by atoms with E-state index in [0.717, 1.165) is 10.5 Å². The summed E-state index contributed by atoms with van der Waals surface area (Å²) in [4.78, 5) is 26.4. The number of nitrogens with two attached hydrogens (primary N) is 1. The van der Waals surface area contributed by atoms with Gasteiger partial charge in [-0.1, -0.05) is 6.07 Å². The molecule has 1 aromatic carbocycles. The molecule has 118 valence electrons. The van der Waals surface area contributed by atoms with E-state index in [1.165, 1.54) is 0 Å². The zero-order valence-electron chi connectivity index (χ0n) is 12.2. The molecule has 0 radical (unpaired) electrons. The molecule has 3 unspecified atom stereocenters. The highest BCUT2D eigenvalue weighted by Crippen LogP contribution is 2.36. The normalized spacial score (nSPS) is 31.5. The number of carbonyl (C=O) groups is 2. The van der Waals surface area contributed by atoms with E-state index < -0.39 is 29.8 Å². The molecule has 1 saturated heterocycles. The molecule has 1 fully saturated rings. The van der Waals surface area contributed by atoms with Crippen molar-refractivity contribution in [3.05, 3.63) is 34.9 Å². The summed E-state index contributed by atoms with van der Waals surface area (Å²) in [6, 6.07) is 4.93. The molecule has 22 heavy (non-hydrogen) atoms. The molecule has 0 bridgehead atoms. The number of imide groups is 1. The fourth-order valence-electron chi connectivity index (χ4n) is 3.12. The van der Waals surface area contributed by atoms with Crippen LogP contribution in [-0.2, 0) is 6.54 Å². The fourth-order valence-corrected chi connectivity index (χ4v) is 3.12. The van der Waals surface area contributed by atoms with Gasteiger partial charge in [0, 0.05) is 6.54 Å². The summed E-state index contributed by atoms with van der Waals surface area (Å²) in [6.07, 6.45) is -1.37. The van der Waals surface area contributed by atoms with Gasteiger partial charge >= 0.3 is 0 Å². The highest BCUT2D eigenvalue weighted by molar-refractivity contribution is 6.22. The summed E-state index contributed by atoms with van der Waals surface area (Å²) in [5, 5.41) is 22.4. The second kappa shape index (κ2) is 5.13. The lowest BCUT2D eigenvalue weighted by atomic mass is 9.87. The Morgan fingerprint density at radius 1 is 1.32 bits per heavy atom. The minimum atomic E-state index is -1.19. The minimum absolute atomic E-state index is 0.280. The Morgan fingerprint density at radius 3 is 2.64 bits per heavy atom. The van der Waals surface area contributed by atoms with Gasteiger partial charge in [0.25, 0.3) is 11.8 Å². The molecular weight excluding hydrogens is 286 g/mol. The highest BCUT2D eigenvalue weighted by Gasteiger charge is 2.52. The Bertz CT molecular complexity index is 648. The Morgan fingerprint density at radius 2 is 2.00 bits per heavy atom. The number of carbonyl (C=O) groups excluding carboxylic acids is 2. The summed E-state index contributed by atoms with van der Waals surface area (Å²) in [5.74, 6) is -0.863. The monoisotopic (exact) mass is 305 g/mol. The van der Waals surface area contributed by atoms with E-state index in [4.69, 9.17) is 5.73 Å². The van der Waals surface area contributed by atoms with Crippen LogP contribution < -0.4 is 11.1 Å². The number of nitrogens with one attached hydrogen (secondary N) is 1. The largest absolute Gasteiger partial charge is 0.379 e. The first-order valence-electron chi connectivity index (χ1n) is 7.22. The van der Waals surface area contributed by atoms with Crippen molar-refractivity contribution in [1.29, 1.82) is 0 Å². The zero-order chi connectivity index (χ0) is 16.1. The molecule has 0 spiro atoms. The predicted octanol–water partition coefficient (Wildman–Crippen LogP) is -0.480. The number of piperidine rings is 1. The quantitative estimate of drug-likeness (QED) is 0.549. The molecule has 1 aromatic rings. The van der Waals surface area contributed by atoms with Gasteiger partial charge in [0.15, 0.2) is 0 Å². The third-order valence-electron chi connectivity index (χ3n) is 4.56. The molecule has 3 atom stereocenters. The van der Waals surface area contributed by atoms with E-state index in [1.807, 2.05) is 0 Å². The number of nitrogens with zero attached hydrogens (tertiary/aromatic N) is 1. The van der Waals surface area contributed by atoms with Crippen LogP contribution in [0, 0.1) is 0 Å². The maximum atomic E-state index is 12.7. The van der Waals surface area contributed by atoms with Gasteiger partial charge in [-0.15, -0.1) is 0 Å². The molecule has 2 heterocycles. The van der Waals surface area contributed by atoms with Gasteiger partial charge in [-0.05, 0) is 37.5 Å². The van der Waals surface area contributed by atoms with Gasteiger partial charge in [0.05, 0.1) is 16.7 Å². The van der Waals surface area contributed by atoms with Crippen molar-refractivity contribution in [1.82, 2.24) is 10.2 Å². The van der Waals surface area contributed by atoms with Crippen LogP contribution >= 0.6 is 0 Å². The standard InChI is InChI=1S/C15H19N3O4/c1-15(5-4-11(19)17-14(15)22)18-12(20)9-3-2-8(7-16)6-10(9)13(18)21/h2-3,6,11,14,17,19,22H,4-5,7,16H2,1H3. The maximum Gasteiger partial charge on any atom is 0.262 e. The van der Waals surface area contributed by atoms with Crippen molar-refractivity contribution in [3.8, 4) is 0 Å². The third-order valence-corrected chi connectivity index (χ3v) is 4.56. The molecule has 0 saturated carbocycles. The van der Waals surface area contributed by atoms with Crippen molar-refractivity contribution in [2.24, 2.45) is 5.73 Å². The smallest absolute Gasteiger partial charge is 0.262 e. The van der Waals surface area contributed by atoms with Crippen molar-refractivity contribution >= 4 is 11.8 Å². The number of amides is 2. The van der Waals surface area contributed by atoms with Crippen LogP contribution in [0.4, 0.5) is 0 Å². The van der Waals surface area contributed by atoms with Crippen molar-refractivity contribution in [3.63, 3.8) is 0 Å². The van der Waals surface area contributed by atoms with Gasteiger partial charge in [0.1, 0.15) is 12.5 Å².